The molecule has 106 valence electrons. The average Bonchev–Trinajstić information content (AvgIpc) is 2.28. The van der Waals surface area contributed by atoms with Gasteiger partial charge in [-0.3, -0.25) is 4.79 Å². The summed E-state index contributed by atoms with van der Waals surface area (Å²) in [4.78, 5) is 11.8. The van der Waals surface area contributed by atoms with Gasteiger partial charge in [0, 0.05) is 6.07 Å². The highest BCUT2D eigenvalue weighted by Crippen LogP contribution is 2.33. The van der Waals surface area contributed by atoms with Crippen molar-refractivity contribution in [3.8, 4) is 0 Å². The number of ether oxygens (including phenoxy) is 1. The molecular formula is C14H18F2O3. The maximum Gasteiger partial charge on any atom is 0.312 e. The summed E-state index contributed by atoms with van der Waals surface area (Å²) >= 11 is 0. The Morgan fingerprint density at radius 2 is 1.84 bits per heavy atom. The van der Waals surface area contributed by atoms with E-state index in [-0.39, 0.29) is 12.2 Å². The Labute approximate surface area is 111 Å². The smallest absolute Gasteiger partial charge is 0.312 e. The highest BCUT2D eigenvalue weighted by molar-refractivity contribution is 5.74. The number of aliphatic hydroxyl groups is 1. The van der Waals surface area contributed by atoms with Gasteiger partial charge in [0.25, 0.3) is 0 Å². The summed E-state index contributed by atoms with van der Waals surface area (Å²) < 4.78 is 31.3. The van der Waals surface area contributed by atoms with E-state index in [9.17, 15) is 18.7 Å². The lowest BCUT2D eigenvalue weighted by atomic mass is 9.81. The minimum atomic E-state index is -1.69. The van der Waals surface area contributed by atoms with Crippen LogP contribution in [-0.4, -0.2) is 17.7 Å². The molecule has 2 unspecified atom stereocenters. The van der Waals surface area contributed by atoms with E-state index < -0.39 is 29.1 Å². The lowest BCUT2D eigenvalue weighted by Crippen LogP contribution is -2.38. The van der Waals surface area contributed by atoms with Crippen LogP contribution in [0.4, 0.5) is 8.78 Å². The number of esters is 1. The monoisotopic (exact) mass is 272 g/mol. The molecule has 0 aromatic heterocycles. The summed E-state index contributed by atoms with van der Waals surface area (Å²) in [6.45, 7) is 4.89. The van der Waals surface area contributed by atoms with E-state index >= 15 is 0 Å². The van der Waals surface area contributed by atoms with Gasteiger partial charge < -0.3 is 9.84 Å². The molecule has 0 radical (unpaired) electrons. The fourth-order valence-corrected chi connectivity index (χ4v) is 2.08. The fraction of sp³-hybridized carbons (Fsp3) is 0.500. The van der Waals surface area contributed by atoms with Gasteiger partial charge in [0.2, 0.25) is 0 Å². The van der Waals surface area contributed by atoms with E-state index in [0.29, 0.717) is 12.5 Å². The first kappa shape index (κ1) is 15.6. The average molecular weight is 272 g/mol. The standard InChI is InChI=1S/C14H18F2O3/c1-4-12(13(17)19-5-2)14(3,18)9-6-10(15)8-11(16)7-9/h6-8,12,18H,4-5H2,1-3H3. The zero-order chi connectivity index (χ0) is 14.6. The highest BCUT2D eigenvalue weighted by atomic mass is 19.1. The predicted octanol–water partition coefficient (Wildman–Crippen LogP) is 2.76. The first-order valence-corrected chi connectivity index (χ1v) is 6.18. The second-order valence-corrected chi connectivity index (χ2v) is 4.52. The van der Waals surface area contributed by atoms with E-state index in [2.05, 4.69) is 0 Å². The Balaban J connectivity index is 3.15. The van der Waals surface area contributed by atoms with Crippen molar-refractivity contribution >= 4 is 5.97 Å². The molecule has 0 bridgehead atoms. The van der Waals surface area contributed by atoms with Crippen LogP contribution in [-0.2, 0) is 15.1 Å². The van der Waals surface area contributed by atoms with Gasteiger partial charge in [-0.15, -0.1) is 0 Å². The number of carbonyl (C=O) groups excluding carboxylic acids is 1. The number of hydrogen-bond acceptors (Lipinski definition) is 3. The van der Waals surface area contributed by atoms with Crippen LogP contribution >= 0.6 is 0 Å². The molecule has 0 saturated carbocycles. The van der Waals surface area contributed by atoms with E-state index in [1.165, 1.54) is 6.92 Å². The minimum absolute atomic E-state index is 0.0184. The first-order chi connectivity index (χ1) is 8.82. The van der Waals surface area contributed by atoms with Crippen LogP contribution in [0.2, 0.25) is 0 Å². The second-order valence-electron chi connectivity index (χ2n) is 4.52. The van der Waals surface area contributed by atoms with Crippen molar-refractivity contribution in [2.45, 2.75) is 32.8 Å². The van der Waals surface area contributed by atoms with Gasteiger partial charge in [0.05, 0.1) is 12.5 Å². The lowest BCUT2D eigenvalue weighted by molar-refractivity contribution is -0.158. The molecule has 0 aliphatic rings. The van der Waals surface area contributed by atoms with Gasteiger partial charge in [-0.1, -0.05) is 6.92 Å². The molecule has 3 nitrogen and oxygen atoms in total. The SMILES string of the molecule is CCOC(=O)C(CC)C(C)(O)c1cc(F)cc(F)c1. The van der Waals surface area contributed by atoms with E-state index in [1.54, 1.807) is 13.8 Å². The van der Waals surface area contributed by atoms with Crippen LogP contribution in [0, 0.1) is 17.6 Å². The molecule has 1 aromatic rings. The van der Waals surface area contributed by atoms with E-state index in [1.807, 2.05) is 0 Å². The second kappa shape index (κ2) is 6.10. The summed E-state index contributed by atoms with van der Waals surface area (Å²) in [5, 5.41) is 10.5. The molecule has 0 aliphatic heterocycles. The van der Waals surface area contributed by atoms with Gasteiger partial charge in [-0.25, -0.2) is 8.78 Å². The minimum Gasteiger partial charge on any atom is -0.466 e. The Bertz CT molecular complexity index is 438. The molecule has 0 amide bonds. The van der Waals surface area contributed by atoms with Crippen molar-refractivity contribution in [1.82, 2.24) is 0 Å². The third kappa shape index (κ3) is 3.50. The summed E-state index contributed by atoms with van der Waals surface area (Å²) in [5.74, 6) is -3.06. The molecule has 5 heteroatoms. The largest absolute Gasteiger partial charge is 0.466 e. The highest BCUT2D eigenvalue weighted by Gasteiger charge is 2.39. The molecule has 1 rings (SSSR count). The molecule has 1 N–H and O–H groups in total. The third-order valence-electron chi connectivity index (χ3n) is 3.10. The van der Waals surface area contributed by atoms with Gasteiger partial charge in [0.15, 0.2) is 0 Å². The normalized spacial score (nSPS) is 15.7. The van der Waals surface area contributed by atoms with Crippen LogP contribution in [0.1, 0.15) is 32.8 Å². The molecule has 0 heterocycles. The van der Waals surface area contributed by atoms with Gasteiger partial charge in [0.1, 0.15) is 17.2 Å². The Morgan fingerprint density at radius 1 is 1.32 bits per heavy atom. The molecule has 19 heavy (non-hydrogen) atoms. The van der Waals surface area contributed by atoms with Crippen molar-refractivity contribution in [3.63, 3.8) is 0 Å². The van der Waals surface area contributed by atoms with E-state index in [0.717, 1.165) is 12.1 Å². The number of rotatable bonds is 5. The molecule has 2 atom stereocenters. The number of hydrogen-bond donors (Lipinski definition) is 1. The maximum atomic E-state index is 13.2. The molecule has 0 fully saturated rings. The van der Waals surface area contributed by atoms with Crippen LogP contribution in [0.25, 0.3) is 0 Å². The van der Waals surface area contributed by atoms with Crippen molar-refractivity contribution in [2.24, 2.45) is 5.92 Å². The maximum absolute atomic E-state index is 13.2. The summed E-state index contributed by atoms with van der Waals surface area (Å²) in [6, 6.07) is 2.75. The molecule has 1 aromatic carbocycles. The lowest BCUT2D eigenvalue weighted by Gasteiger charge is -2.31. The molecular weight excluding hydrogens is 254 g/mol. The van der Waals surface area contributed by atoms with Crippen LogP contribution in [0.3, 0.4) is 0 Å². The Hall–Kier alpha value is -1.49. The summed E-state index contributed by atoms with van der Waals surface area (Å²) in [5.41, 5.74) is -1.67. The van der Waals surface area contributed by atoms with Gasteiger partial charge in [-0.2, -0.15) is 0 Å². The van der Waals surface area contributed by atoms with Crippen LogP contribution in [0.5, 0.6) is 0 Å². The summed E-state index contributed by atoms with van der Waals surface area (Å²) in [6.07, 6.45) is 0.296. The van der Waals surface area contributed by atoms with Crippen molar-refractivity contribution < 1.29 is 23.4 Å². The van der Waals surface area contributed by atoms with Crippen LogP contribution in [0.15, 0.2) is 18.2 Å². The number of benzene rings is 1. The fourth-order valence-electron chi connectivity index (χ4n) is 2.08. The van der Waals surface area contributed by atoms with Crippen molar-refractivity contribution in [3.05, 3.63) is 35.4 Å². The zero-order valence-corrected chi connectivity index (χ0v) is 11.2. The zero-order valence-electron chi connectivity index (χ0n) is 11.2. The molecule has 0 aliphatic carbocycles. The van der Waals surface area contributed by atoms with Gasteiger partial charge >= 0.3 is 5.97 Å². The molecule has 0 spiro atoms. The Kier molecular flexibility index (Phi) is 5.00. The summed E-state index contributed by atoms with van der Waals surface area (Å²) in [7, 11) is 0. The predicted molar refractivity (Wildman–Crippen MR) is 66.3 cm³/mol. The Morgan fingerprint density at radius 3 is 2.26 bits per heavy atom. The molecule has 0 saturated heterocycles. The quantitative estimate of drug-likeness (QED) is 0.838. The first-order valence-electron chi connectivity index (χ1n) is 6.18. The number of carbonyl (C=O) groups is 1. The third-order valence-corrected chi connectivity index (χ3v) is 3.10. The van der Waals surface area contributed by atoms with Crippen molar-refractivity contribution in [1.29, 1.82) is 0 Å². The topological polar surface area (TPSA) is 46.5 Å². The number of halogens is 2. The van der Waals surface area contributed by atoms with Gasteiger partial charge in [-0.05, 0) is 38.0 Å². The van der Waals surface area contributed by atoms with Crippen molar-refractivity contribution in [2.75, 3.05) is 6.61 Å². The van der Waals surface area contributed by atoms with E-state index in [4.69, 9.17) is 4.74 Å². The van der Waals surface area contributed by atoms with Crippen LogP contribution < -0.4 is 0 Å².